The van der Waals surface area contributed by atoms with Crippen molar-refractivity contribution in [3.05, 3.63) is 65.4 Å². The molecule has 0 amide bonds. The maximum Gasteiger partial charge on any atom is 0.0991 e. The number of benzene rings is 2. The highest BCUT2D eigenvalue weighted by Crippen LogP contribution is 2.34. The van der Waals surface area contributed by atoms with E-state index in [0.717, 1.165) is 53.8 Å². The van der Waals surface area contributed by atoms with Crippen molar-refractivity contribution < 1.29 is 10.2 Å². The van der Waals surface area contributed by atoms with Gasteiger partial charge in [0.15, 0.2) is 0 Å². The van der Waals surface area contributed by atoms with Crippen LogP contribution in [0.15, 0.2) is 48.5 Å². The molecule has 2 aromatic carbocycles. The number of aromatic nitrogens is 1. The van der Waals surface area contributed by atoms with Crippen molar-refractivity contribution in [1.29, 1.82) is 5.26 Å². The highest BCUT2D eigenvalue weighted by molar-refractivity contribution is 5.87. The largest absolute Gasteiger partial charge is 0.393 e. The van der Waals surface area contributed by atoms with E-state index in [9.17, 15) is 10.2 Å². The van der Waals surface area contributed by atoms with E-state index in [0.29, 0.717) is 12.1 Å². The molecular weight excluding hydrogens is 350 g/mol. The zero-order chi connectivity index (χ0) is 19.7. The minimum absolute atomic E-state index is 0.214. The molecule has 28 heavy (non-hydrogen) atoms. The van der Waals surface area contributed by atoms with E-state index in [1.807, 2.05) is 43.3 Å². The van der Waals surface area contributed by atoms with Gasteiger partial charge in [-0.3, -0.25) is 0 Å². The predicted octanol–water partition coefficient (Wildman–Crippen LogP) is 3.30. The number of aliphatic hydroxyl groups is 2. The van der Waals surface area contributed by atoms with Crippen molar-refractivity contribution in [2.45, 2.75) is 32.0 Å². The molecule has 0 saturated carbocycles. The fourth-order valence-corrected chi connectivity index (χ4v) is 4.27. The number of β-amino-alcohol motifs (C(OH)–C–C–N with tert-alkyl or cyclic N) is 1. The zero-order valence-electron chi connectivity index (χ0n) is 16.0. The minimum atomic E-state index is -0.597. The Balaban J connectivity index is 1.72. The second-order valence-corrected chi connectivity index (χ2v) is 7.56. The summed E-state index contributed by atoms with van der Waals surface area (Å²) in [7, 11) is 0. The average Bonchev–Trinajstić information content (AvgIpc) is 3.01. The molecule has 1 saturated heterocycles. The van der Waals surface area contributed by atoms with Gasteiger partial charge in [-0.2, -0.15) is 5.26 Å². The number of hydrogen-bond acceptors (Lipinski definition) is 4. The second-order valence-electron chi connectivity index (χ2n) is 7.56. The summed E-state index contributed by atoms with van der Waals surface area (Å²) in [5, 5.41) is 30.9. The summed E-state index contributed by atoms with van der Waals surface area (Å²) in [5.74, 6) is 0. The predicted molar refractivity (Wildman–Crippen MR) is 109 cm³/mol. The molecule has 0 aliphatic carbocycles. The van der Waals surface area contributed by atoms with Gasteiger partial charge in [-0.1, -0.05) is 18.2 Å². The van der Waals surface area contributed by atoms with Gasteiger partial charge in [0.2, 0.25) is 0 Å². The van der Waals surface area contributed by atoms with Gasteiger partial charge in [0.05, 0.1) is 29.4 Å². The van der Waals surface area contributed by atoms with E-state index in [-0.39, 0.29) is 6.10 Å². The molecule has 1 aliphatic heterocycles. The van der Waals surface area contributed by atoms with Crippen molar-refractivity contribution >= 4 is 10.9 Å². The number of likely N-dealkylation sites (tertiary alicyclic amines) is 1. The molecule has 2 heterocycles. The lowest BCUT2D eigenvalue weighted by Crippen LogP contribution is -2.38. The Kier molecular flexibility index (Phi) is 5.19. The van der Waals surface area contributed by atoms with Gasteiger partial charge in [0, 0.05) is 42.0 Å². The molecule has 1 unspecified atom stereocenters. The summed E-state index contributed by atoms with van der Waals surface area (Å²) < 4.78 is 2.15. The quantitative estimate of drug-likeness (QED) is 0.734. The van der Waals surface area contributed by atoms with Crippen molar-refractivity contribution in [3.8, 4) is 11.8 Å². The molecule has 1 aliphatic rings. The summed E-state index contributed by atoms with van der Waals surface area (Å²) >= 11 is 0. The van der Waals surface area contributed by atoms with E-state index in [2.05, 4.69) is 27.7 Å². The van der Waals surface area contributed by atoms with E-state index >= 15 is 0 Å². The third-order valence-electron chi connectivity index (χ3n) is 5.74. The highest BCUT2D eigenvalue weighted by atomic mass is 16.3. The molecule has 144 valence electrons. The second kappa shape index (κ2) is 7.76. The minimum Gasteiger partial charge on any atom is -0.393 e. The van der Waals surface area contributed by atoms with Crippen LogP contribution in [0.2, 0.25) is 0 Å². The first-order chi connectivity index (χ1) is 13.6. The van der Waals surface area contributed by atoms with Gasteiger partial charge in [-0.25, -0.2) is 0 Å². The Morgan fingerprint density at radius 3 is 2.46 bits per heavy atom. The average molecular weight is 375 g/mol. The number of para-hydroxylation sites is 1. The van der Waals surface area contributed by atoms with E-state index < -0.39 is 6.10 Å². The van der Waals surface area contributed by atoms with Gasteiger partial charge in [0.25, 0.3) is 0 Å². The van der Waals surface area contributed by atoms with Gasteiger partial charge in [-0.15, -0.1) is 0 Å². The third-order valence-corrected chi connectivity index (χ3v) is 5.74. The topological polar surface area (TPSA) is 72.4 Å². The van der Waals surface area contributed by atoms with E-state index in [1.54, 1.807) is 0 Å². The van der Waals surface area contributed by atoms with E-state index in [1.165, 1.54) is 0 Å². The first-order valence-corrected chi connectivity index (χ1v) is 9.77. The van der Waals surface area contributed by atoms with Crippen LogP contribution in [0.3, 0.4) is 0 Å². The molecule has 0 radical (unpaired) electrons. The molecule has 0 spiro atoms. The van der Waals surface area contributed by atoms with Crippen molar-refractivity contribution in [1.82, 2.24) is 9.47 Å². The van der Waals surface area contributed by atoms with Crippen LogP contribution in [0.4, 0.5) is 0 Å². The van der Waals surface area contributed by atoms with Crippen LogP contribution in [0.5, 0.6) is 0 Å². The molecule has 1 atom stereocenters. The lowest BCUT2D eigenvalue weighted by molar-refractivity contribution is 0.0510. The van der Waals surface area contributed by atoms with E-state index in [4.69, 9.17) is 5.26 Å². The van der Waals surface area contributed by atoms with Crippen LogP contribution in [0.1, 0.15) is 35.8 Å². The molecule has 2 N–H and O–H groups in total. The SMILES string of the molecule is Cc1c(C(O)CN2CCC(O)CC2)c2ccccc2n1-c1ccc(C#N)cc1. The molecular formula is C23H25N3O2. The molecule has 5 heteroatoms. The number of fused-ring (bicyclic) bond motifs is 1. The molecule has 1 aromatic heterocycles. The van der Waals surface area contributed by atoms with Crippen LogP contribution in [0, 0.1) is 18.3 Å². The fraction of sp³-hybridized carbons (Fsp3) is 0.348. The number of aliphatic hydroxyl groups excluding tert-OH is 2. The Morgan fingerprint density at radius 1 is 1.11 bits per heavy atom. The standard InChI is InChI=1S/C23H25N3O2/c1-16-23(22(28)15-25-12-10-19(27)11-13-25)20-4-2-3-5-21(20)26(16)18-8-6-17(14-24)7-9-18/h2-9,19,22,27-28H,10-13,15H2,1H3. The van der Waals surface area contributed by atoms with Crippen LogP contribution in [-0.2, 0) is 0 Å². The Labute approximate surface area is 165 Å². The molecule has 5 nitrogen and oxygen atoms in total. The highest BCUT2D eigenvalue weighted by Gasteiger charge is 2.25. The Morgan fingerprint density at radius 2 is 1.79 bits per heavy atom. The van der Waals surface area contributed by atoms with Crippen LogP contribution in [-0.4, -0.2) is 45.4 Å². The van der Waals surface area contributed by atoms with Crippen molar-refractivity contribution in [2.24, 2.45) is 0 Å². The van der Waals surface area contributed by atoms with Crippen molar-refractivity contribution in [3.63, 3.8) is 0 Å². The Bertz CT molecular complexity index is 1010. The monoisotopic (exact) mass is 375 g/mol. The number of nitrogens with zero attached hydrogens (tertiary/aromatic N) is 3. The maximum absolute atomic E-state index is 11.1. The zero-order valence-corrected chi connectivity index (χ0v) is 16.0. The fourth-order valence-electron chi connectivity index (χ4n) is 4.27. The molecule has 0 bridgehead atoms. The summed E-state index contributed by atoms with van der Waals surface area (Å²) in [5.41, 5.74) is 4.62. The van der Waals surface area contributed by atoms with Crippen molar-refractivity contribution in [2.75, 3.05) is 19.6 Å². The summed E-state index contributed by atoms with van der Waals surface area (Å²) in [6.45, 7) is 4.22. The first-order valence-electron chi connectivity index (χ1n) is 9.77. The summed E-state index contributed by atoms with van der Waals surface area (Å²) in [6, 6.07) is 17.8. The maximum atomic E-state index is 11.1. The van der Waals surface area contributed by atoms with Gasteiger partial charge < -0.3 is 19.7 Å². The number of piperidine rings is 1. The van der Waals surface area contributed by atoms with Crippen LogP contribution >= 0.6 is 0 Å². The third kappa shape index (κ3) is 3.43. The first kappa shape index (κ1) is 18.7. The lowest BCUT2D eigenvalue weighted by atomic mass is 10.0. The number of rotatable bonds is 4. The molecule has 1 fully saturated rings. The van der Waals surface area contributed by atoms with Gasteiger partial charge in [0.1, 0.15) is 0 Å². The summed E-state index contributed by atoms with van der Waals surface area (Å²) in [6.07, 6.45) is 0.713. The Hall–Kier alpha value is -2.65. The van der Waals surface area contributed by atoms with Gasteiger partial charge in [-0.05, 0) is 50.1 Å². The van der Waals surface area contributed by atoms with Gasteiger partial charge >= 0.3 is 0 Å². The molecule has 3 aromatic rings. The summed E-state index contributed by atoms with van der Waals surface area (Å²) in [4.78, 5) is 2.23. The molecule has 4 rings (SSSR count). The normalized spacial score (nSPS) is 16.9. The number of hydrogen-bond donors (Lipinski definition) is 2. The lowest BCUT2D eigenvalue weighted by Gasteiger charge is -2.31. The van der Waals surface area contributed by atoms with Crippen LogP contribution < -0.4 is 0 Å². The van der Waals surface area contributed by atoms with Crippen LogP contribution in [0.25, 0.3) is 16.6 Å². The number of nitriles is 1. The smallest absolute Gasteiger partial charge is 0.0991 e.